The van der Waals surface area contributed by atoms with E-state index in [9.17, 15) is 13.2 Å². The molecular weight excluding hydrogens is 255 g/mol. The summed E-state index contributed by atoms with van der Waals surface area (Å²) in [7, 11) is 1.37. The van der Waals surface area contributed by atoms with Crippen LogP contribution in [0.4, 0.5) is 13.2 Å². The van der Waals surface area contributed by atoms with Crippen LogP contribution in [0.2, 0.25) is 0 Å². The lowest BCUT2D eigenvalue weighted by Crippen LogP contribution is -2.38. The Morgan fingerprint density at radius 3 is 2.21 bits per heavy atom. The van der Waals surface area contributed by atoms with Crippen LogP contribution in [0.5, 0.6) is 5.75 Å². The van der Waals surface area contributed by atoms with Gasteiger partial charge in [-0.05, 0) is 43.4 Å². The molecule has 0 amide bonds. The predicted molar refractivity (Wildman–Crippen MR) is 65.1 cm³/mol. The van der Waals surface area contributed by atoms with Crippen molar-refractivity contribution in [2.45, 2.75) is 42.8 Å². The molecule has 0 spiro atoms. The number of hydrogen-bond acceptors (Lipinski definition) is 2. The van der Waals surface area contributed by atoms with Crippen LogP contribution >= 0.6 is 0 Å². The van der Waals surface area contributed by atoms with Crippen molar-refractivity contribution in [3.63, 3.8) is 0 Å². The van der Waals surface area contributed by atoms with Crippen LogP contribution in [-0.2, 0) is 11.6 Å². The highest BCUT2D eigenvalue weighted by Gasteiger charge is 2.65. The van der Waals surface area contributed by atoms with E-state index in [0.717, 1.165) is 31.7 Å². The average Bonchev–Trinajstić information content (AvgIpc) is 3.23. The Bertz CT molecular complexity index is 516. The molecule has 0 unspecified atom stereocenters. The quantitative estimate of drug-likeness (QED) is 0.916. The third-order valence-electron chi connectivity index (χ3n) is 4.54. The first-order chi connectivity index (χ1) is 8.82. The molecular formula is C14H16F3NO. The third kappa shape index (κ3) is 1.83. The molecule has 1 aromatic rings. The van der Waals surface area contributed by atoms with Crippen LogP contribution in [0.1, 0.15) is 36.8 Å². The van der Waals surface area contributed by atoms with Crippen molar-refractivity contribution >= 4 is 0 Å². The molecule has 2 saturated carbocycles. The van der Waals surface area contributed by atoms with Crippen molar-refractivity contribution < 1.29 is 17.9 Å². The summed E-state index contributed by atoms with van der Waals surface area (Å²) in [6.45, 7) is 0. The molecule has 104 valence electrons. The molecule has 2 aliphatic rings. The molecule has 0 heterocycles. The fourth-order valence-electron chi connectivity index (χ4n) is 3.08. The Kier molecular flexibility index (Phi) is 2.46. The van der Waals surface area contributed by atoms with Gasteiger partial charge < -0.3 is 10.5 Å². The molecule has 2 nitrogen and oxygen atoms in total. The molecule has 0 radical (unpaired) electrons. The summed E-state index contributed by atoms with van der Waals surface area (Å²) in [4.78, 5) is 0. The summed E-state index contributed by atoms with van der Waals surface area (Å²) in [6, 6.07) is 4.22. The summed E-state index contributed by atoms with van der Waals surface area (Å²) >= 11 is 0. The van der Waals surface area contributed by atoms with E-state index in [4.69, 9.17) is 10.5 Å². The summed E-state index contributed by atoms with van der Waals surface area (Å²) in [5.74, 6) is 0.230. The van der Waals surface area contributed by atoms with Crippen molar-refractivity contribution in [1.29, 1.82) is 0 Å². The number of hydrogen-bond donors (Lipinski definition) is 1. The van der Waals surface area contributed by atoms with Crippen molar-refractivity contribution in [2.24, 2.45) is 5.73 Å². The minimum atomic E-state index is -4.37. The number of methoxy groups -OCH3 is 1. The van der Waals surface area contributed by atoms with E-state index < -0.39 is 22.7 Å². The van der Waals surface area contributed by atoms with E-state index in [1.807, 2.05) is 0 Å². The minimum absolute atomic E-state index is 0.230. The van der Waals surface area contributed by atoms with E-state index in [2.05, 4.69) is 0 Å². The van der Waals surface area contributed by atoms with Gasteiger partial charge in [0, 0.05) is 11.0 Å². The van der Waals surface area contributed by atoms with Gasteiger partial charge >= 0.3 is 6.18 Å². The Balaban J connectivity index is 2.11. The van der Waals surface area contributed by atoms with Crippen LogP contribution in [0.15, 0.2) is 18.2 Å². The van der Waals surface area contributed by atoms with Gasteiger partial charge in [0.2, 0.25) is 0 Å². The SMILES string of the molecule is COc1ccc(C2(C3(N)CC3)CC2)c(C(F)(F)F)c1. The summed E-state index contributed by atoms with van der Waals surface area (Å²) in [6.07, 6.45) is -1.24. The van der Waals surface area contributed by atoms with Crippen LogP contribution in [-0.4, -0.2) is 12.6 Å². The highest BCUT2D eigenvalue weighted by Crippen LogP contribution is 2.65. The minimum Gasteiger partial charge on any atom is -0.497 e. The zero-order valence-corrected chi connectivity index (χ0v) is 10.7. The molecule has 3 rings (SSSR count). The molecule has 0 bridgehead atoms. The lowest BCUT2D eigenvalue weighted by Gasteiger charge is -2.27. The first-order valence-electron chi connectivity index (χ1n) is 6.37. The molecule has 0 aromatic heterocycles. The largest absolute Gasteiger partial charge is 0.497 e. The van der Waals surface area contributed by atoms with Crippen molar-refractivity contribution in [3.05, 3.63) is 29.3 Å². The molecule has 0 aliphatic heterocycles. The van der Waals surface area contributed by atoms with Crippen LogP contribution < -0.4 is 10.5 Å². The fraction of sp³-hybridized carbons (Fsp3) is 0.571. The maximum Gasteiger partial charge on any atom is 0.416 e. The maximum atomic E-state index is 13.2. The third-order valence-corrected chi connectivity index (χ3v) is 4.54. The van der Waals surface area contributed by atoms with Crippen molar-refractivity contribution in [1.82, 2.24) is 0 Å². The molecule has 2 aliphatic carbocycles. The second kappa shape index (κ2) is 3.66. The number of alkyl halides is 3. The normalized spacial score (nSPS) is 23.0. The number of benzene rings is 1. The highest BCUT2D eigenvalue weighted by molar-refractivity contribution is 5.49. The number of nitrogens with two attached hydrogens (primary N) is 1. The molecule has 2 fully saturated rings. The van der Waals surface area contributed by atoms with E-state index >= 15 is 0 Å². The lowest BCUT2D eigenvalue weighted by molar-refractivity contribution is -0.138. The molecule has 5 heteroatoms. The zero-order chi connectivity index (χ0) is 13.9. The van der Waals surface area contributed by atoms with E-state index in [1.54, 1.807) is 12.1 Å². The zero-order valence-electron chi connectivity index (χ0n) is 10.7. The van der Waals surface area contributed by atoms with Gasteiger partial charge in [-0.15, -0.1) is 0 Å². The van der Waals surface area contributed by atoms with Gasteiger partial charge in [-0.25, -0.2) is 0 Å². The maximum absolute atomic E-state index is 13.2. The first kappa shape index (κ1) is 12.8. The molecule has 1 aromatic carbocycles. The monoisotopic (exact) mass is 271 g/mol. The number of rotatable bonds is 3. The van der Waals surface area contributed by atoms with E-state index in [0.29, 0.717) is 5.56 Å². The van der Waals surface area contributed by atoms with Gasteiger partial charge in [-0.2, -0.15) is 13.2 Å². The summed E-state index contributed by atoms with van der Waals surface area (Å²) in [5.41, 5.74) is 5.06. The summed E-state index contributed by atoms with van der Waals surface area (Å²) < 4.78 is 44.6. The van der Waals surface area contributed by atoms with Gasteiger partial charge in [0.05, 0.1) is 12.7 Å². The molecule has 0 atom stereocenters. The van der Waals surface area contributed by atoms with Gasteiger partial charge in [-0.1, -0.05) is 6.07 Å². The first-order valence-corrected chi connectivity index (χ1v) is 6.37. The standard InChI is InChI=1S/C14H16F3NO/c1-19-9-2-3-10(11(8-9)14(15,16)17)12(4-5-12)13(18)6-7-13/h2-3,8H,4-7,18H2,1H3. The molecule has 0 saturated heterocycles. The Hall–Kier alpha value is -1.23. The van der Waals surface area contributed by atoms with Crippen LogP contribution in [0.3, 0.4) is 0 Å². The smallest absolute Gasteiger partial charge is 0.416 e. The predicted octanol–water partition coefficient (Wildman–Crippen LogP) is 3.24. The second-order valence-electron chi connectivity index (χ2n) is 5.65. The van der Waals surface area contributed by atoms with Crippen molar-refractivity contribution in [2.75, 3.05) is 7.11 Å². The van der Waals surface area contributed by atoms with Crippen molar-refractivity contribution in [3.8, 4) is 5.75 Å². The fourth-order valence-corrected chi connectivity index (χ4v) is 3.08. The summed E-state index contributed by atoms with van der Waals surface area (Å²) in [5, 5.41) is 0. The molecule has 19 heavy (non-hydrogen) atoms. The molecule has 2 N–H and O–H groups in total. The average molecular weight is 271 g/mol. The Morgan fingerprint density at radius 2 is 1.79 bits per heavy atom. The second-order valence-corrected chi connectivity index (χ2v) is 5.65. The topological polar surface area (TPSA) is 35.2 Å². The van der Waals surface area contributed by atoms with Crippen LogP contribution in [0.25, 0.3) is 0 Å². The van der Waals surface area contributed by atoms with Gasteiger partial charge in [0.1, 0.15) is 5.75 Å². The Morgan fingerprint density at radius 1 is 1.16 bits per heavy atom. The number of halogens is 3. The lowest BCUT2D eigenvalue weighted by atomic mass is 9.83. The van der Waals surface area contributed by atoms with E-state index in [-0.39, 0.29) is 5.75 Å². The van der Waals surface area contributed by atoms with Gasteiger partial charge in [-0.3, -0.25) is 0 Å². The van der Waals surface area contributed by atoms with Gasteiger partial charge in [0.25, 0.3) is 0 Å². The number of ether oxygens (including phenoxy) is 1. The Labute approximate surface area is 109 Å². The van der Waals surface area contributed by atoms with Crippen LogP contribution in [0, 0.1) is 0 Å². The van der Waals surface area contributed by atoms with E-state index in [1.165, 1.54) is 7.11 Å². The van der Waals surface area contributed by atoms with Gasteiger partial charge in [0.15, 0.2) is 0 Å². The highest BCUT2D eigenvalue weighted by atomic mass is 19.4.